The topological polar surface area (TPSA) is 114 Å². The van der Waals surface area contributed by atoms with Crippen molar-refractivity contribution in [2.75, 3.05) is 6.54 Å². The summed E-state index contributed by atoms with van der Waals surface area (Å²) in [5.74, 6) is 0.261. The number of nitrogens with zero attached hydrogens (tertiary/aromatic N) is 6. The van der Waals surface area contributed by atoms with Gasteiger partial charge in [-0.05, 0) is 30.7 Å². The van der Waals surface area contributed by atoms with E-state index in [4.69, 9.17) is 0 Å². The predicted molar refractivity (Wildman–Crippen MR) is 83.5 cm³/mol. The molecule has 3 aromatic rings. The van der Waals surface area contributed by atoms with Crippen LogP contribution in [0.5, 0.6) is 0 Å². The van der Waals surface area contributed by atoms with Gasteiger partial charge >= 0.3 is 0 Å². The number of aromatic amines is 1. The molecule has 0 bridgehead atoms. The molecular formula is C13H16N8OS. The summed E-state index contributed by atoms with van der Waals surface area (Å²) in [5, 5.41) is 21.4. The normalized spacial score (nSPS) is 10.9. The zero-order valence-electron chi connectivity index (χ0n) is 12.8. The third kappa shape index (κ3) is 3.59. The minimum atomic E-state index is -0.205. The van der Waals surface area contributed by atoms with Crippen LogP contribution in [0.25, 0.3) is 5.82 Å². The molecule has 0 unspecified atom stereocenters. The van der Waals surface area contributed by atoms with Crippen molar-refractivity contribution >= 4 is 17.2 Å². The van der Waals surface area contributed by atoms with Crippen molar-refractivity contribution in [1.29, 1.82) is 0 Å². The van der Waals surface area contributed by atoms with Gasteiger partial charge in [0.05, 0.1) is 10.7 Å². The second kappa shape index (κ2) is 6.65. The molecule has 0 aromatic carbocycles. The first-order chi connectivity index (χ1) is 11.1. The molecule has 1 amide bonds. The molecule has 0 aliphatic heterocycles. The second-order valence-electron chi connectivity index (χ2n) is 5.00. The van der Waals surface area contributed by atoms with E-state index in [9.17, 15) is 4.79 Å². The number of carbonyl (C=O) groups excluding carboxylic acids is 1. The smallest absolute Gasteiger partial charge is 0.269 e. The van der Waals surface area contributed by atoms with Crippen LogP contribution in [0.1, 0.15) is 32.5 Å². The van der Waals surface area contributed by atoms with E-state index in [2.05, 4.69) is 42.9 Å². The van der Waals surface area contributed by atoms with E-state index in [1.165, 1.54) is 15.9 Å². The average Bonchev–Trinajstić information content (AvgIpc) is 3.25. The predicted octanol–water partition coefficient (Wildman–Crippen LogP) is 0.821. The molecule has 10 heteroatoms. The van der Waals surface area contributed by atoms with E-state index in [1.807, 2.05) is 6.92 Å². The number of aryl methyl sites for hydroxylation is 3. The number of amides is 1. The lowest BCUT2D eigenvalue weighted by molar-refractivity contribution is 0.0948. The van der Waals surface area contributed by atoms with E-state index < -0.39 is 0 Å². The largest absolute Gasteiger partial charge is 0.351 e. The molecule has 0 fully saturated rings. The zero-order valence-corrected chi connectivity index (χ0v) is 13.6. The van der Waals surface area contributed by atoms with Gasteiger partial charge < -0.3 is 5.32 Å². The van der Waals surface area contributed by atoms with Gasteiger partial charge in [-0.15, -0.1) is 16.4 Å². The summed E-state index contributed by atoms with van der Waals surface area (Å²) in [6.07, 6.45) is 3.11. The Hall–Kier alpha value is -2.62. The molecule has 0 aliphatic rings. The quantitative estimate of drug-likeness (QED) is 0.646. The van der Waals surface area contributed by atoms with E-state index in [0.29, 0.717) is 18.1 Å². The third-order valence-corrected chi connectivity index (χ3v) is 4.45. The maximum atomic E-state index is 12.0. The van der Waals surface area contributed by atoms with Crippen LogP contribution in [0.4, 0.5) is 0 Å². The Morgan fingerprint density at radius 3 is 3.00 bits per heavy atom. The summed E-state index contributed by atoms with van der Waals surface area (Å²) in [4.78, 5) is 17.8. The van der Waals surface area contributed by atoms with Crippen molar-refractivity contribution in [2.45, 2.75) is 26.7 Å². The Labute approximate surface area is 136 Å². The van der Waals surface area contributed by atoms with Gasteiger partial charge in [0.1, 0.15) is 12.0 Å². The first-order valence-electron chi connectivity index (χ1n) is 7.13. The SMILES string of the molecule is Cc1nc(CCCNC(=O)c2cc(-n3cnnn3)n[nH]2)sc1C. The first kappa shape index (κ1) is 15.3. The molecule has 0 atom stereocenters. The van der Waals surface area contributed by atoms with Gasteiger partial charge in [-0.3, -0.25) is 9.89 Å². The van der Waals surface area contributed by atoms with Crippen LogP contribution in [0, 0.1) is 13.8 Å². The third-order valence-electron chi connectivity index (χ3n) is 3.32. The molecule has 3 heterocycles. The van der Waals surface area contributed by atoms with Crippen LogP contribution < -0.4 is 5.32 Å². The standard InChI is InChI=1S/C13H16N8OS/c1-8-9(2)23-12(16-8)4-3-5-14-13(22)10-6-11(18-17-10)21-7-15-19-20-21/h6-7H,3-5H2,1-2H3,(H,14,22)(H,17,18). The van der Waals surface area contributed by atoms with Gasteiger partial charge in [0.25, 0.3) is 5.91 Å². The number of hydrogen-bond donors (Lipinski definition) is 2. The van der Waals surface area contributed by atoms with Gasteiger partial charge in [-0.1, -0.05) is 0 Å². The van der Waals surface area contributed by atoms with Crippen molar-refractivity contribution in [3.05, 3.63) is 33.7 Å². The zero-order chi connectivity index (χ0) is 16.2. The molecule has 120 valence electrons. The lowest BCUT2D eigenvalue weighted by Gasteiger charge is -2.01. The van der Waals surface area contributed by atoms with E-state index in [1.54, 1.807) is 17.4 Å². The molecule has 2 N–H and O–H groups in total. The number of tetrazole rings is 1. The number of carbonyl (C=O) groups is 1. The van der Waals surface area contributed by atoms with Crippen LogP contribution in [-0.2, 0) is 6.42 Å². The minimum Gasteiger partial charge on any atom is -0.351 e. The van der Waals surface area contributed by atoms with E-state index in [0.717, 1.165) is 23.5 Å². The minimum absolute atomic E-state index is 0.205. The van der Waals surface area contributed by atoms with Crippen LogP contribution in [0.2, 0.25) is 0 Å². The van der Waals surface area contributed by atoms with Crippen molar-refractivity contribution in [1.82, 2.24) is 40.7 Å². The van der Waals surface area contributed by atoms with Crippen LogP contribution in [0.15, 0.2) is 12.4 Å². The maximum Gasteiger partial charge on any atom is 0.269 e. The monoisotopic (exact) mass is 332 g/mol. The van der Waals surface area contributed by atoms with Crippen LogP contribution in [-0.4, -0.2) is 47.8 Å². The second-order valence-corrected chi connectivity index (χ2v) is 6.29. The molecule has 23 heavy (non-hydrogen) atoms. The summed E-state index contributed by atoms with van der Waals surface area (Å²) in [6.45, 7) is 4.66. The Morgan fingerprint density at radius 1 is 1.43 bits per heavy atom. The Morgan fingerprint density at radius 2 is 2.30 bits per heavy atom. The maximum absolute atomic E-state index is 12.0. The van der Waals surface area contributed by atoms with Crippen molar-refractivity contribution in [3.63, 3.8) is 0 Å². The summed E-state index contributed by atoms with van der Waals surface area (Å²) in [7, 11) is 0. The van der Waals surface area contributed by atoms with Crippen LogP contribution in [0.3, 0.4) is 0 Å². The van der Waals surface area contributed by atoms with E-state index in [-0.39, 0.29) is 5.91 Å². The number of H-pyrrole nitrogens is 1. The number of hydrogen-bond acceptors (Lipinski definition) is 7. The molecule has 3 rings (SSSR count). The molecule has 0 saturated carbocycles. The highest BCUT2D eigenvalue weighted by Gasteiger charge is 2.11. The Balaban J connectivity index is 1.48. The lowest BCUT2D eigenvalue weighted by Crippen LogP contribution is -2.25. The lowest BCUT2D eigenvalue weighted by atomic mass is 10.3. The summed E-state index contributed by atoms with van der Waals surface area (Å²) < 4.78 is 1.38. The van der Waals surface area contributed by atoms with Gasteiger partial charge in [0.15, 0.2) is 5.82 Å². The van der Waals surface area contributed by atoms with Crippen molar-refractivity contribution < 1.29 is 4.79 Å². The van der Waals surface area contributed by atoms with Crippen molar-refractivity contribution in [3.8, 4) is 5.82 Å². The highest BCUT2D eigenvalue weighted by molar-refractivity contribution is 7.11. The summed E-state index contributed by atoms with van der Waals surface area (Å²) >= 11 is 1.71. The van der Waals surface area contributed by atoms with E-state index >= 15 is 0 Å². The number of rotatable bonds is 6. The molecule has 0 aliphatic carbocycles. The summed E-state index contributed by atoms with van der Waals surface area (Å²) in [5.41, 5.74) is 1.46. The Bertz CT molecular complexity index is 771. The fourth-order valence-corrected chi connectivity index (χ4v) is 2.97. The molecule has 0 spiro atoms. The van der Waals surface area contributed by atoms with Gasteiger partial charge in [-0.2, -0.15) is 9.78 Å². The van der Waals surface area contributed by atoms with Crippen LogP contribution >= 0.6 is 11.3 Å². The van der Waals surface area contributed by atoms with Gasteiger partial charge in [0, 0.05) is 23.9 Å². The molecule has 3 aromatic heterocycles. The highest BCUT2D eigenvalue weighted by atomic mass is 32.1. The number of thiazole rings is 1. The van der Waals surface area contributed by atoms with Gasteiger partial charge in [-0.25, -0.2) is 4.98 Å². The first-order valence-corrected chi connectivity index (χ1v) is 7.95. The fraction of sp³-hybridized carbons (Fsp3) is 0.385. The highest BCUT2D eigenvalue weighted by Crippen LogP contribution is 2.17. The fourth-order valence-electron chi connectivity index (χ4n) is 1.99. The Kier molecular flexibility index (Phi) is 4.42. The number of aromatic nitrogens is 7. The molecule has 9 nitrogen and oxygen atoms in total. The number of nitrogens with one attached hydrogen (secondary N) is 2. The molecule has 0 radical (unpaired) electrons. The average molecular weight is 332 g/mol. The van der Waals surface area contributed by atoms with Crippen molar-refractivity contribution in [2.24, 2.45) is 0 Å². The summed E-state index contributed by atoms with van der Waals surface area (Å²) in [6, 6.07) is 1.60. The molecular weight excluding hydrogens is 316 g/mol. The molecule has 0 saturated heterocycles. The van der Waals surface area contributed by atoms with Gasteiger partial charge in [0.2, 0.25) is 0 Å².